The molecular formula is C9H7N3OS. The summed E-state index contributed by atoms with van der Waals surface area (Å²) in [5, 5.41) is 2.46. The van der Waals surface area contributed by atoms with E-state index in [-0.39, 0.29) is 0 Å². The zero-order valence-corrected chi connectivity index (χ0v) is 8.28. The van der Waals surface area contributed by atoms with E-state index < -0.39 is 0 Å². The summed E-state index contributed by atoms with van der Waals surface area (Å²) >= 11 is 1.40. The molecule has 0 unspecified atom stereocenters. The van der Waals surface area contributed by atoms with Gasteiger partial charge in [-0.2, -0.15) is 0 Å². The second-order valence-electron chi connectivity index (χ2n) is 2.68. The first-order chi connectivity index (χ1) is 6.79. The number of hydrogen-bond acceptors (Lipinski definition) is 5. The van der Waals surface area contributed by atoms with Gasteiger partial charge in [0, 0.05) is 11.6 Å². The highest BCUT2D eigenvalue weighted by molar-refractivity contribution is 7.13. The maximum atomic E-state index is 10.4. The van der Waals surface area contributed by atoms with E-state index in [1.165, 1.54) is 11.3 Å². The Kier molecular flexibility index (Phi) is 2.32. The lowest BCUT2D eigenvalue weighted by molar-refractivity contribution is 0.111. The van der Waals surface area contributed by atoms with Gasteiger partial charge >= 0.3 is 0 Å². The number of thiazole rings is 1. The minimum Gasteiger partial charge on any atom is -0.296 e. The van der Waals surface area contributed by atoms with E-state index in [1.807, 2.05) is 6.92 Å². The molecule has 0 fully saturated rings. The Balaban J connectivity index is 2.43. The second kappa shape index (κ2) is 3.63. The Bertz CT molecular complexity index is 467. The van der Waals surface area contributed by atoms with Gasteiger partial charge in [0.2, 0.25) is 0 Å². The first-order valence-electron chi connectivity index (χ1n) is 4.00. The van der Waals surface area contributed by atoms with Crippen LogP contribution in [0, 0.1) is 6.92 Å². The molecule has 0 atom stereocenters. The van der Waals surface area contributed by atoms with Crippen LogP contribution in [-0.2, 0) is 0 Å². The first-order valence-corrected chi connectivity index (χ1v) is 4.88. The van der Waals surface area contributed by atoms with Crippen LogP contribution in [0.5, 0.6) is 0 Å². The molecular weight excluding hydrogens is 198 g/mol. The largest absolute Gasteiger partial charge is 0.296 e. The van der Waals surface area contributed by atoms with Crippen molar-refractivity contribution in [1.29, 1.82) is 0 Å². The van der Waals surface area contributed by atoms with Gasteiger partial charge in [0.1, 0.15) is 22.2 Å². The minimum atomic E-state index is 0.446. The Morgan fingerprint density at radius 2 is 2.29 bits per heavy atom. The lowest BCUT2D eigenvalue weighted by Crippen LogP contribution is -1.89. The summed E-state index contributed by atoms with van der Waals surface area (Å²) in [5.41, 5.74) is 1.21. The van der Waals surface area contributed by atoms with Gasteiger partial charge < -0.3 is 0 Å². The minimum absolute atomic E-state index is 0.446. The van der Waals surface area contributed by atoms with E-state index in [9.17, 15) is 4.79 Å². The van der Waals surface area contributed by atoms with Crippen molar-refractivity contribution in [3.8, 4) is 10.7 Å². The summed E-state index contributed by atoms with van der Waals surface area (Å²) < 4.78 is 0. The van der Waals surface area contributed by atoms with Gasteiger partial charge in [0.15, 0.2) is 6.29 Å². The molecule has 0 saturated carbocycles. The standard InChI is InChI=1S/C9H7N3OS/c1-6-10-3-2-8(11-6)9-12-7(4-13)5-14-9/h2-5H,1H3. The number of carbonyl (C=O) groups is 1. The van der Waals surface area contributed by atoms with E-state index in [4.69, 9.17) is 0 Å². The highest BCUT2D eigenvalue weighted by Gasteiger charge is 2.05. The van der Waals surface area contributed by atoms with Gasteiger partial charge in [0.05, 0.1) is 0 Å². The van der Waals surface area contributed by atoms with Crippen molar-refractivity contribution in [1.82, 2.24) is 15.0 Å². The van der Waals surface area contributed by atoms with Crippen LogP contribution in [0.2, 0.25) is 0 Å². The monoisotopic (exact) mass is 205 g/mol. The molecule has 0 N–H and O–H groups in total. The normalized spacial score (nSPS) is 10.1. The zero-order valence-electron chi connectivity index (χ0n) is 7.47. The van der Waals surface area contributed by atoms with Gasteiger partial charge in [-0.1, -0.05) is 0 Å². The van der Waals surface area contributed by atoms with Gasteiger partial charge in [0.25, 0.3) is 0 Å². The van der Waals surface area contributed by atoms with Crippen LogP contribution in [0.1, 0.15) is 16.3 Å². The van der Waals surface area contributed by atoms with Crippen molar-refractivity contribution >= 4 is 17.6 Å². The number of hydrogen-bond donors (Lipinski definition) is 0. The molecule has 0 aliphatic carbocycles. The molecule has 2 heterocycles. The zero-order chi connectivity index (χ0) is 9.97. The molecule has 0 aromatic carbocycles. The van der Waals surface area contributed by atoms with E-state index >= 15 is 0 Å². The second-order valence-corrected chi connectivity index (χ2v) is 3.54. The maximum Gasteiger partial charge on any atom is 0.169 e. The number of aromatic nitrogens is 3. The number of aryl methyl sites for hydroxylation is 1. The van der Waals surface area contributed by atoms with Crippen molar-refractivity contribution < 1.29 is 4.79 Å². The van der Waals surface area contributed by atoms with Crippen LogP contribution in [0.25, 0.3) is 10.7 Å². The van der Waals surface area contributed by atoms with Crippen LogP contribution >= 0.6 is 11.3 Å². The summed E-state index contributed by atoms with van der Waals surface area (Å²) in [7, 11) is 0. The average Bonchev–Trinajstić information content (AvgIpc) is 2.66. The third-order valence-corrected chi connectivity index (χ3v) is 2.52. The molecule has 0 saturated heterocycles. The SMILES string of the molecule is Cc1nccc(-c2nc(C=O)cs2)n1. The molecule has 5 heteroatoms. The number of nitrogens with zero attached hydrogens (tertiary/aromatic N) is 3. The predicted molar refractivity (Wildman–Crippen MR) is 53.3 cm³/mol. The third kappa shape index (κ3) is 1.67. The van der Waals surface area contributed by atoms with Crippen molar-refractivity contribution in [2.24, 2.45) is 0 Å². The van der Waals surface area contributed by atoms with Crippen molar-refractivity contribution in [3.05, 3.63) is 29.2 Å². The molecule has 14 heavy (non-hydrogen) atoms. The summed E-state index contributed by atoms with van der Waals surface area (Å²) in [6.07, 6.45) is 2.41. The van der Waals surface area contributed by atoms with Crippen LogP contribution in [0.4, 0.5) is 0 Å². The highest BCUT2D eigenvalue weighted by atomic mass is 32.1. The van der Waals surface area contributed by atoms with Gasteiger partial charge in [-0.15, -0.1) is 11.3 Å². The lowest BCUT2D eigenvalue weighted by Gasteiger charge is -1.94. The fraction of sp³-hybridized carbons (Fsp3) is 0.111. The molecule has 4 nitrogen and oxygen atoms in total. The molecule has 0 amide bonds. The van der Waals surface area contributed by atoms with Gasteiger partial charge in [-0.05, 0) is 13.0 Å². The summed E-state index contributed by atoms with van der Waals surface area (Å²) in [6, 6.07) is 1.78. The van der Waals surface area contributed by atoms with Gasteiger partial charge in [-0.25, -0.2) is 15.0 Å². The number of aldehydes is 1. The van der Waals surface area contributed by atoms with Gasteiger partial charge in [-0.3, -0.25) is 4.79 Å². The average molecular weight is 205 g/mol. The van der Waals surface area contributed by atoms with E-state index in [2.05, 4.69) is 15.0 Å². The molecule has 70 valence electrons. The van der Waals surface area contributed by atoms with Crippen LogP contribution < -0.4 is 0 Å². The van der Waals surface area contributed by atoms with Crippen LogP contribution in [0.15, 0.2) is 17.6 Å². The molecule has 0 bridgehead atoms. The molecule has 2 aromatic heterocycles. The molecule has 0 aliphatic rings. The molecule has 2 rings (SSSR count). The van der Waals surface area contributed by atoms with E-state index in [1.54, 1.807) is 17.6 Å². The molecule has 0 radical (unpaired) electrons. The Morgan fingerprint density at radius 1 is 1.43 bits per heavy atom. The predicted octanol–water partition coefficient (Wildman–Crippen LogP) is 1.72. The fourth-order valence-corrected chi connectivity index (χ4v) is 1.77. The summed E-state index contributed by atoms with van der Waals surface area (Å²) in [5.74, 6) is 0.699. The van der Waals surface area contributed by atoms with Crippen LogP contribution in [-0.4, -0.2) is 21.2 Å². The number of carbonyl (C=O) groups excluding carboxylic acids is 1. The lowest BCUT2D eigenvalue weighted by atomic mass is 10.4. The van der Waals surface area contributed by atoms with Crippen LogP contribution in [0.3, 0.4) is 0 Å². The van der Waals surface area contributed by atoms with E-state index in [0.29, 0.717) is 11.5 Å². The smallest absolute Gasteiger partial charge is 0.169 e. The van der Waals surface area contributed by atoms with E-state index in [0.717, 1.165) is 17.0 Å². The van der Waals surface area contributed by atoms with Crippen molar-refractivity contribution in [2.45, 2.75) is 6.92 Å². The number of rotatable bonds is 2. The summed E-state index contributed by atoms with van der Waals surface area (Å²) in [6.45, 7) is 1.82. The molecule has 0 aliphatic heterocycles. The maximum absolute atomic E-state index is 10.4. The molecule has 0 spiro atoms. The van der Waals surface area contributed by atoms with Crippen molar-refractivity contribution in [2.75, 3.05) is 0 Å². The topological polar surface area (TPSA) is 55.7 Å². The Labute approximate surface area is 84.7 Å². The van der Waals surface area contributed by atoms with Crippen molar-refractivity contribution in [3.63, 3.8) is 0 Å². The summed E-state index contributed by atoms with van der Waals surface area (Å²) in [4.78, 5) is 22.7. The Hall–Kier alpha value is -1.62. The quantitative estimate of drug-likeness (QED) is 0.700. The Morgan fingerprint density at radius 3 is 2.93 bits per heavy atom. The molecule has 2 aromatic rings. The highest BCUT2D eigenvalue weighted by Crippen LogP contribution is 2.20. The fourth-order valence-electron chi connectivity index (χ4n) is 1.03. The third-order valence-electron chi connectivity index (χ3n) is 1.64. The first kappa shape index (κ1) is 8.96.